The first-order valence-electron chi connectivity index (χ1n) is 7.69. The average molecular weight is 377 g/mol. The lowest BCUT2D eigenvalue weighted by molar-refractivity contribution is -0.140. The van der Waals surface area contributed by atoms with Crippen LogP contribution in [0.3, 0.4) is 0 Å². The number of hydrogen-bond donors (Lipinski definition) is 1. The molecule has 0 aliphatic carbocycles. The van der Waals surface area contributed by atoms with E-state index in [0.717, 1.165) is 0 Å². The van der Waals surface area contributed by atoms with Gasteiger partial charge >= 0.3 is 5.97 Å². The third-order valence-electron chi connectivity index (χ3n) is 3.65. The highest BCUT2D eigenvalue weighted by Gasteiger charge is 2.18. The van der Waals surface area contributed by atoms with Gasteiger partial charge in [0, 0.05) is 31.0 Å². The lowest BCUT2D eigenvalue weighted by atomic mass is 10.1. The maximum atomic E-state index is 12.7. The van der Waals surface area contributed by atoms with E-state index in [2.05, 4.69) is 9.72 Å². The molecule has 26 heavy (non-hydrogen) atoms. The zero-order valence-electron chi connectivity index (χ0n) is 14.2. The molecular weight excluding hydrogens is 358 g/mol. The molecule has 0 atom stereocenters. The maximum absolute atomic E-state index is 12.7. The molecule has 0 aliphatic heterocycles. The number of hydrogen-bond acceptors (Lipinski definition) is 6. The fourth-order valence-electron chi connectivity index (χ4n) is 2.26. The van der Waals surface area contributed by atoms with Gasteiger partial charge < -0.3 is 9.64 Å². The van der Waals surface area contributed by atoms with Gasteiger partial charge in [0.15, 0.2) is 0 Å². The van der Waals surface area contributed by atoms with Crippen molar-refractivity contribution in [2.24, 2.45) is 5.14 Å². The van der Waals surface area contributed by atoms with Crippen molar-refractivity contribution >= 4 is 21.9 Å². The number of nitrogens with zero attached hydrogens (tertiary/aromatic N) is 2. The summed E-state index contributed by atoms with van der Waals surface area (Å²) in [5, 5.41) is 5.08. The number of primary sulfonamides is 1. The molecule has 2 N–H and O–H groups in total. The molecule has 0 fully saturated rings. The highest BCUT2D eigenvalue weighted by molar-refractivity contribution is 7.89. The van der Waals surface area contributed by atoms with E-state index in [0.29, 0.717) is 11.1 Å². The van der Waals surface area contributed by atoms with Crippen LogP contribution in [0.25, 0.3) is 0 Å². The third-order valence-corrected chi connectivity index (χ3v) is 4.58. The van der Waals surface area contributed by atoms with Crippen LogP contribution in [0.15, 0.2) is 53.7 Å². The number of aromatic nitrogens is 1. The molecule has 138 valence electrons. The molecule has 1 aromatic heterocycles. The minimum atomic E-state index is -3.78. The van der Waals surface area contributed by atoms with Gasteiger partial charge in [0.2, 0.25) is 10.0 Å². The van der Waals surface area contributed by atoms with Crippen molar-refractivity contribution < 1.29 is 22.7 Å². The minimum absolute atomic E-state index is 0.0113. The lowest BCUT2D eigenvalue weighted by Gasteiger charge is -2.22. The Labute approximate surface area is 151 Å². The summed E-state index contributed by atoms with van der Waals surface area (Å²) in [6, 6.07) is 9.06. The first-order valence-corrected chi connectivity index (χ1v) is 9.24. The number of esters is 1. The average Bonchev–Trinajstić information content (AvgIpc) is 2.64. The Bertz CT molecular complexity index is 867. The van der Waals surface area contributed by atoms with E-state index in [9.17, 15) is 18.0 Å². The second-order valence-corrected chi connectivity index (χ2v) is 7.04. The Morgan fingerprint density at radius 2 is 1.73 bits per heavy atom. The van der Waals surface area contributed by atoms with Crippen LogP contribution in [-0.4, -0.2) is 43.8 Å². The Hall–Kier alpha value is -2.78. The van der Waals surface area contributed by atoms with Crippen LogP contribution in [0, 0.1) is 0 Å². The number of benzene rings is 1. The van der Waals surface area contributed by atoms with Gasteiger partial charge in [-0.3, -0.25) is 14.6 Å². The molecular formula is C17H19N3O5S. The van der Waals surface area contributed by atoms with Crippen LogP contribution < -0.4 is 5.14 Å². The predicted molar refractivity (Wildman–Crippen MR) is 93.4 cm³/mol. The Balaban J connectivity index is 2.20. The molecule has 1 amide bonds. The second-order valence-electron chi connectivity index (χ2n) is 5.48. The Morgan fingerprint density at radius 3 is 2.27 bits per heavy atom. The summed E-state index contributed by atoms with van der Waals surface area (Å²) in [5.74, 6) is -0.700. The van der Waals surface area contributed by atoms with Gasteiger partial charge in [0.1, 0.15) is 0 Å². The van der Waals surface area contributed by atoms with Crippen LogP contribution in [0.2, 0.25) is 0 Å². The van der Waals surface area contributed by atoms with Gasteiger partial charge in [-0.05, 0) is 29.8 Å². The highest BCUT2D eigenvalue weighted by Crippen LogP contribution is 2.13. The molecule has 0 aliphatic rings. The number of nitrogens with two attached hydrogens (primary N) is 1. The van der Waals surface area contributed by atoms with Gasteiger partial charge in [-0.15, -0.1) is 0 Å². The van der Waals surface area contributed by atoms with Gasteiger partial charge in [0.05, 0.1) is 18.4 Å². The van der Waals surface area contributed by atoms with E-state index in [-0.39, 0.29) is 30.3 Å². The largest absolute Gasteiger partial charge is 0.469 e. The summed E-state index contributed by atoms with van der Waals surface area (Å²) in [4.78, 5) is 29.5. The molecule has 8 nitrogen and oxygen atoms in total. The highest BCUT2D eigenvalue weighted by atomic mass is 32.2. The molecule has 0 unspecified atom stereocenters. The van der Waals surface area contributed by atoms with Crippen LogP contribution >= 0.6 is 0 Å². The SMILES string of the molecule is COC(=O)CCN(Cc1ccc(S(N)(=O)=O)cc1)C(=O)c1ccncc1. The van der Waals surface area contributed by atoms with Crippen LogP contribution in [0.1, 0.15) is 22.3 Å². The second kappa shape index (κ2) is 8.54. The molecule has 0 radical (unpaired) electrons. The van der Waals surface area contributed by atoms with Gasteiger partial charge in [-0.2, -0.15) is 0 Å². The summed E-state index contributed by atoms with van der Waals surface area (Å²) in [7, 11) is -2.50. The molecule has 2 rings (SSSR count). The number of carbonyl (C=O) groups excluding carboxylic acids is 2. The smallest absolute Gasteiger partial charge is 0.307 e. The van der Waals surface area contributed by atoms with Crippen LogP contribution in [0.4, 0.5) is 0 Å². The summed E-state index contributed by atoms with van der Waals surface area (Å²) < 4.78 is 27.3. The number of carbonyl (C=O) groups is 2. The Kier molecular flexibility index (Phi) is 6.42. The van der Waals surface area contributed by atoms with Crippen molar-refractivity contribution in [3.63, 3.8) is 0 Å². The van der Waals surface area contributed by atoms with Crippen molar-refractivity contribution in [2.45, 2.75) is 17.9 Å². The number of pyridine rings is 1. The molecule has 2 aromatic rings. The Morgan fingerprint density at radius 1 is 1.12 bits per heavy atom. The van der Waals surface area contributed by atoms with Crippen molar-refractivity contribution in [1.29, 1.82) is 0 Å². The van der Waals surface area contributed by atoms with Crippen LogP contribution in [-0.2, 0) is 26.1 Å². The van der Waals surface area contributed by atoms with E-state index < -0.39 is 16.0 Å². The van der Waals surface area contributed by atoms with E-state index in [1.807, 2.05) is 0 Å². The minimum Gasteiger partial charge on any atom is -0.469 e. The van der Waals surface area contributed by atoms with Gasteiger partial charge in [-0.25, -0.2) is 13.6 Å². The van der Waals surface area contributed by atoms with Crippen molar-refractivity contribution in [1.82, 2.24) is 9.88 Å². The van der Waals surface area contributed by atoms with E-state index in [1.165, 1.54) is 36.5 Å². The first-order chi connectivity index (χ1) is 12.3. The summed E-state index contributed by atoms with van der Waals surface area (Å²) >= 11 is 0. The normalized spacial score (nSPS) is 11.0. The molecule has 9 heteroatoms. The number of ether oxygens (including phenoxy) is 1. The molecule has 0 saturated heterocycles. The monoisotopic (exact) mass is 377 g/mol. The van der Waals surface area contributed by atoms with Crippen LogP contribution in [0.5, 0.6) is 0 Å². The molecule has 1 aromatic carbocycles. The fourth-order valence-corrected chi connectivity index (χ4v) is 2.78. The molecule has 0 bridgehead atoms. The number of sulfonamides is 1. The fraction of sp³-hybridized carbons (Fsp3) is 0.235. The van der Waals surface area contributed by atoms with Crippen molar-refractivity contribution in [3.05, 3.63) is 59.9 Å². The molecule has 0 saturated carbocycles. The maximum Gasteiger partial charge on any atom is 0.307 e. The van der Waals surface area contributed by atoms with Gasteiger partial charge in [-0.1, -0.05) is 12.1 Å². The summed E-state index contributed by atoms with van der Waals surface area (Å²) in [6.07, 6.45) is 3.06. The standard InChI is InChI=1S/C17H19N3O5S/c1-25-16(21)8-11-20(17(22)14-6-9-19-10-7-14)12-13-2-4-15(5-3-13)26(18,23)24/h2-7,9-10H,8,11-12H2,1H3,(H2,18,23,24). The quantitative estimate of drug-likeness (QED) is 0.717. The zero-order valence-corrected chi connectivity index (χ0v) is 15.0. The lowest BCUT2D eigenvalue weighted by Crippen LogP contribution is -2.32. The molecule has 0 spiro atoms. The van der Waals surface area contributed by atoms with E-state index >= 15 is 0 Å². The van der Waals surface area contributed by atoms with E-state index in [1.54, 1.807) is 24.3 Å². The third kappa shape index (κ3) is 5.36. The number of amides is 1. The summed E-state index contributed by atoms with van der Waals surface area (Å²) in [5.41, 5.74) is 1.13. The summed E-state index contributed by atoms with van der Waals surface area (Å²) in [6.45, 7) is 0.355. The van der Waals surface area contributed by atoms with Crippen molar-refractivity contribution in [3.8, 4) is 0 Å². The van der Waals surface area contributed by atoms with E-state index in [4.69, 9.17) is 5.14 Å². The number of methoxy groups -OCH3 is 1. The predicted octanol–water partition coefficient (Wildman–Crippen LogP) is 0.934. The zero-order chi connectivity index (χ0) is 19.2. The van der Waals surface area contributed by atoms with Crippen molar-refractivity contribution in [2.75, 3.05) is 13.7 Å². The number of rotatable bonds is 7. The van der Waals surface area contributed by atoms with Gasteiger partial charge in [0.25, 0.3) is 5.91 Å². The topological polar surface area (TPSA) is 120 Å². The first kappa shape index (κ1) is 19.5. The molecule has 1 heterocycles.